The fraction of sp³-hybridized carbons (Fsp3) is 0.167. The van der Waals surface area contributed by atoms with Crippen molar-refractivity contribution in [1.29, 1.82) is 5.41 Å². The van der Waals surface area contributed by atoms with Crippen LogP contribution in [-0.2, 0) is 0 Å². The highest BCUT2D eigenvalue weighted by atomic mass is 16.5. The minimum atomic E-state index is -0.589. The topological polar surface area (TPSA) is 112 Å². The molecule has 1 aromatic carbocycles. The molecular weight excluding hydrogens is 392 g/mol. The molecule has 1 aliphatic rings. The van der Waals surface area contributed by atoms with Gasteiger partial charge in [0.05, 0.1) is 11.8 Å². The molecule has 1 unspecified atom stereocenters. The average Bonchev–Trinajstić information content (AvgIpc) is 3.31. The lowest BCUT2D eigenvalue weighted by molar-refractivity contribution is 0.0934. The van der Waals surface area contributed by atoms with Gasteiger partial charge < -0.3 is 20.4 Å². The Morgan fingerprint density at radius 2 is 2.06 bits per heavy atom. The number of hydrogen-bond acceptors (Lipinski definition) is 6. The Morgan fingerprint density at radius 3 is 2.81 bits per heavy atom. The van der Waals surface area contributed by atoms with Crippen LogP contribution in [0.25, 0.3) is 11.3 Å². The molecule has 0 aliphatic heterocycles. The van der Waals surface area contributed by atoms with E-state index in [-0.39, 0.29) is 17.9 Å². The molecule has 0 fully saturated rings. The number of aromatic nitrogens is 2. The number of carbonyl (C=O) groups is 1. The summed E-state index contributed by atoms with van der Waals surface area (Å²) in [4.78, 5) is 17.0. The van der Waals surface area contributed by atoms with E-state index >= 15 is 0 Å². The predicted octanol–water partition coefficient (Wildman–Crippen LogP) is 4.46. The average molecular weight is 414 g/mol. The molecule has 0 radical (unpaired) electrons. The van der Waals surface area contributed by atoms with Crippen molar-refractivity contribution in [2.24, 2.45) is 0 Å². The van der Waals surface area contributed by atoms with Crippen molar-refractivity contribution >= 4 is 11.6 Å². The van der Waals surface area contributed by atoms with Gasteiger partial charge in [-0.05, 0) is 12.5 Å². The second-order valence-corrected chi connectivity index (χ2v) is 7.24. The Bertz CT molecular complexity index is 1130. The standard InChI is InChI=1S/C24H22N4O3/c25-19(17-9-6-12-26-15-17)13-20(18-10-4-5-11-22(18)29)27-24(30)21-14-23(31-28-21)16-7-2-1-3-8-16/h1-4,6-10,12,14-15,20,25,29H,5,11,13H2,(H,27,30). The number of benzene rings is 1. The molecule has 1 aliphatic carbocycles. The Hall–Kier alpha value is -4.00. The molecule has 2 heterocycles. The lowest BCUT2D eigenvalue weighted by atomic mass is 9.93. The summed E-state index contributed by atoms with van der Waals surface area (Å²) in [5.74, 6) is 0.274. The SMILES string of the molecule is N=C(CC(NC(=O)c1cc(-c2ccccc2)on1)C1=C(O)CCC=C1)c1cccnc1. The number of aliphatic hydroxyl groups excluding tert-OH is 1. The molecule has 2 aromatic heterocycles. The van der Waals surface area contributed by atoms with Gasteiger partial charge >= 0.3 is 0 Å². The van der Waals surface area contributed by atoms with E-state index in [9.17, 15) is 9.90 Å². The van der Waals surface area contributed by atoms with Gasteiger partial charge in [0.1, 0.15) is 0 Å². The van der Waals surface area contributed by atoms with E-state index in [1.54, 1.807) is 36.7 Å². The van der Waals surface area contributed by atoms with Crippen LogP contribution in [0, 0.1) is 5.41 Å². The zero-order valence-corrected chi connectivity index (χ0v) is 16.8. The van der Waals surface area contributed by atoms with Crippen molar-refractivity contribution in [3.63, 3.8) is 0 Å². The first kappa shape index (κ1) is 20.3. The summed E-state index contributed by atoms with van der Waals surface area (Å²) < 4.78 is 5.33. The largest absolute Gasteiger partial charge is 0.512 e. The van der Waals surface area contributed by atoms with E-state index in [1.807, 2.05) is 36.4 Å². The van der Waals surface area contributed by atoms with Gasteiger partial charge in [-0.3, -0.25) is 9.78 Å². The molecular formula is C24H22N4O3. The van der Waals surface area contributed by atoms with Gasteiger partial charge in [0.15, 0.2) is 11.5 Å². The predicted molar refractivity (Wildman–Crippen MR) is 117 cm³/mol. The number of aliphatic hydroxyl groups is 1. The van der Waals surface area contributed by atoms with Gasteiger partial charge in [0, 0.05) is 53.7 Å². The monoisotopic (exact) mass is 414 g/mol. The van der Waals surface area contributed by atoms with Crippen molar-refractivity contribution in [2.75, 3.05) is 0 Å². The maximum absolute atomic E-state index is 12.9. The number of amides is 1. The summed E-state index contributed by atoms with van der Waals surface area (Å²) in [6, 6.07) is 13.9. The number of carbonyl (C=O) groups excluding carboxylic acids is 1. The first-order chi connectivity index (χ1) is 15.1. The second-order valence-electron chi connectivity index (χ2n) is 7.24. The number of allylic oxidation sites excluding steroid dienone is 2. The molecule has 0 saturated heterocycles. The van der Waals surface area contributed by atoms with E-state index in [1.165, 1.54) is 0 Å². The highest BCUT2D eigenvalue weighted by Crippen LogP contribution is 2.24. The van der Waals surface area contributed by atoms with Gasteiger partial charge in [0.2, 0.25) is 0 Å². The molecule has 7 nitrogen and oxygen atoms in total. The fourth-order valence-corrected chi connectivity index (χ4v) is 3.44. The van der Waals surface area contributed by atoms with Crippen molar-refractivity contribution in [2.45, 2.75) is 25.3 Å². The fourth-order valence-electron chi connectivity index (χ4n) is 3.44. The van der Waals surface area contributed by atoms with Crippen molar-refractivity contribution < 1.29 is 14.4 Å². The maximum atomic E-state index is 12.9. The molecule has 4 rings (SSSR count). The van der Waals surface area contributed by atoms with Gasteiger partial charge in [0.25, 0.3) is 5.91 Å². The molecule has 156 valence electrons. The number of hydrogen-bond donors (Lipinski definition) is 3. The number of nitrogens with one attached hydrogen (secondary N) is 2. The molecule has 0 saturated carbocycles. The Kier molecular flexibility index (Phi) is 6.03. The Balaban J connectivity index is 1.56. The lowest BCUT2D eigenvalue weighted by Gasteiger charge is -2.23. The number of rotatable bonds is 7. The van der Waals surface area contributed by atoms with E-state index in [0.29, 0.717) is 29.0 Å². The van der Waals surface area contributed by atoms with Crippen LogP contribution in [0.4, 0.5) is 0 Å². The van der Waals surface area contributed by atoms with E-state index in [4.69, 9.17) is 9.93 Å². The van der Waals surface area contributed by atoms with Gasteiger partial charge in [-0.2, -0.15) is 0 Å². The van der Waals surface area contributed by atoms with Crippen molar-refractivity contribution in [3.8, 4) is 11.3 Å². The number of pyridine rings is 1. The van der Waals surface area contributed by atoms with E-state index < -0.39 is 11.9 Å². The maximum Gasteiger partial charge on any atom is 0.273 e. The summed E-state index contributed by atoms with van der Waals surface area (Å²) in [6.45, 7) is 0. The molecule has 31 heavy (non-hydrogen) atoms. The van der Waals surface area contributed by atoms with E-state index in [0.717, 1.165) is 12.0 Å². The van der Waals surface area contributed by atoms with Crippen LogP contribution >= 0.6 is 0 Å². The molecule has 3 N–H and O–H groups in total. The Labute approximate surface area is 179 Å². The quantitative estimate of drug-likeness (QED) is 0.494. The van der Waals surface area contributed by atoms with Crippen LogP contribution in [0.3, 0.4) is 0 Å². The van der Waals surface area contributed by atoms with Gasteiger partial charge in [-0.25, -0.2) is 0 Å². The lowest BCUT2D eigenvalue weighted by Crippen LogP contribution is -2.38. The van der Waals surface area contributed by atoms with Gasteiger partial charge in [-0.1, -0.05) is 53.7 Å². The summed E-state index contributed by atoms with van der Waals surface area (Å²) in [7, 11) is 0. The highest BCUT2D eigenvalue weighted by molar-refractivity contribution is 5.99. The summed E-state index contributed by atoms with van der Waals surface area (Å²) in [5, 5.41) is 25.7. The van der Waals surface area contributed by atoms with Crippen LogP contribution < -0.4 is 5.32 Å². The third-order valence-corrected chi connectivity index (χ3v) is 5.08. The molecule has 1 atom stereocenters. The number of nitrogens with zero attached hydrogens (tertiary/aromatic N) is 2. The molecule has 7 heteroatoms. The summed E-state index contributed by atoms with van der Waals surface area (Å²) in [5.41, 5.74) is 2.52. The molecule has 3 aromatic rings. The van der Waals surface area contributed by atoms with Crippen LogP contribution in [0.5, 0.6) is 0 Å². The normalized spacial score (nSPS) is 14.3. The molecule has 0 spiro atoms. The van der Waals surface area contributed by atoms with Crippen LogP contribution in [-0.4, -0.2) is 32.9 Å². The first-order valence-electron chi connectivity index (χ1n) is 10.0. The minimum Gasteiger partial charge on any atom is -0.512 e. The van der Waals surface area contributed by atoms with Gasteiger partial charge in [-0.15, -0.1) is 0 Å². The first-order valence-corrected chi connectivity index (χ1v) is 10.0. The smallest absolute Gasteiger partial charge is 0.273 e. The summed E-state index contributed by atoms with van der Waals surface area (Å²) >= 11 is 0. The molecule has 0 bridgehead atoms. The third-order valence-electron chi connectivity index (χ3n) is 5.08. The van der Waals surface area contributed by atoms with Crippen molar-refractivity contribution in [1.82, 2.24) is 15.5 Å². The molecule has 1 amide bonds. The summed E-state index contributed by atoms with van der Waals surface area (Å²) in [6.07, 6.45) is 8.44. The van der Waals surface area contributed by atoms with Crippen LogP contribution in [0.15, 0.2) is 88.9 Å². The zero-order valence-electron chi connectivity index (χ0n) is 16.8. The second kappa shape index (κ2) is 9.21. The van der Waals surface area contributed by atoms with E-state index in [2.05, 4.69) is 15.5 Å². The zero-order chi connectivity index (χ0) is 21.6. The van der Waals surface area contributed by atoms with Crippen LogP contribution in [0.2, 0.25) is 0 Å². The third kappa shape index (κ3) is 4.78. The highest BCUT2D eigenvalue weighted by Gasteiger charge is 2.24. The van der Waals surface area contributed by atoms with Crippen molar-refractivity contribution in [3.05, 3.63) is 95.7 Å². The minimum absolute atomic E-state index is 0.136. The Morgan fingerprint density at radius 1 is 1.23 bits per heavy atom. The van der Waals surface area contributed by atoms with Crippen LogP contribution in [0.1, 0.15) is 35.3 Å².